The number of rotatable bonds is 3. The molecule has 0 bridgehead atoms. The zero-order valence-corrected chi connectivity index (χ0v) is 16.9. The van der Waals surface area contributed by atoms with E-state index in [4.69, 9.17) is 0 Å². The van der Waals surface area contributed by atoms with E-state index in [1.807, 2.05) is 0 Å². The van der Waals surface area contributed by atoms with Gasteiger partial charge in [0, 0.05) is 25.3 Å². The number of anilines is 1. The molecule has 2 aromatic rings. The molecule has 3 aliphatic rings. The number of fused-ring (bicyclic) bond motifs is 1. The molecule has 1 aromatic heterocycles. The van der Waals surface area contributed by atoms with Crippen molar-refractivity contribution in [3.8, 4) is 0 Å². The molecule has 160 valence electrons. The first-order valence-corrected chi connectivity index (χ1v) is 11.0. The third-order valence-electron chi connectivity index (χ3n) is 7.41. The van der Waals surface area contributed by atoms with E-state index in [2.05, 4.69) is 0 Å². The molecular formula is C23H26F2N2O3. The van der Waals surface area contributed by atoms with Crippen LogP contribution in [-0.4, -0.2) is 28.7 Å². The number of hydrogen-bond donors (Lipinski definition) is 1. The van der Waals surface area contributed by atoms with Crippen LogP contribution in [0.25, 0.3) is 10.9 Å². The molecule has 2 saturated carbocycles. The van der Waals surface area contributed by atoms with Crippen LogP contribution in [0, 0.1) is 17.0 Å². The summed E-state index contributed by atoms with van der Waals surface area (Å²) in [5.41, 5.74) is -1.02. The molecule has 2 aliphatic carbocycles. The average molecular weight is 416 g/mol. The number of halogens is 2. The van der Waals surface area contributed by atoms with Crippen LogP contribution in [-0.2, 0) is 0 Å². The second kappa shape index (κ2) is 7.06. The van der Waals surface area contributed by atoms with Gasteiger partial charge in [-0.3, -0.25) is 4.79 Å². The van der Waals surface area contributed by atoms with Gasteiger partial charge in [0.25, 0.3) is 0 Å². The minimum absolute atomic E-state index is 0.0295. The highest BCUT2D eigenvalue weighted by atomic mass is 19.1. The van der Waals surface area contributed by atoms with Crippen LogP contribution in [0.5, 0.6) is 0 Å². The van der Waals surface area contributed by atoms with Gasteiger partial charge in [-0.25, -0.2) is 13.6 Å². The molecule has 3 fully saturated rings. The van der Waals surface area contributed by atoms with Crippen molar-refractivity contribution >= 4 is 22.6 Å². The van der Waals surface area contributed by atoms with Gasteiger partial charge in [-0.15, -0.1) is 0 Å². The molecule has 7 heteroatoms. The van der Waals surface area contributed by atoms with Gasteiger partial charge in [-0.2, -0.15) is 0 Å². The van der Waals surface area contributed by atoms with E-state index in [0.29, 0.717) is 18.5 Å². The largest absolute Gasteiger partial charge is 0.477 e. The quantitative estimate of drug-likeness (QED) is 0.776. The third kappa shape index (κ3) is 3.10. The van der Waals surface area contributed by atoms with Crippen molar-refractivity contribution in [1.29, 1.82) is 0 Å². The number of aromatic nitrogens is 1. The van der Waals surface area contributed by atoms with Gasteiger partial charge >= 0.3 is 5.97 Å². The Morgan fingerprint density at radius 1 is 1.07 bits per heavy atom. The summed E-state index contributed by atoms with van der Waals surface area (Å²) in [7, 11) is 0. The first kappa shape index (κ1) is 19.5. The Kier molecular flexibility index (Phi) is 4.60. The van der Waals surface area contributed by atoms with E-state index in [-0.39, 0.29) is 22.6 Å². The van der Waals surface area contributed by atoms with Crippen molar-refractivity contribution in [3.05, 3.63) is 39.7 Å². The van der Waals surface area contributed by atoms with Crippen molar-refractivity contribution in [1.82, 2.24) is 4.57 Å². The number of piperidine rings is 1. The zero-order valence-electron chi connectivity index (χ0n) is 16.9. The molecule has 5 rings (SSSR count). The Bertz CT molecular complexity index is 1070. The van der Waals surface area contributed by atoms with Crippen LogP contribution in [0.1, 0.15) is 74.2 Å². The van der Waals surface area contributed by atoms with Crippen molar-refractivity contribution in [2.45, 2.75) is 63.8 Å². The fourth-order valence-electron chi connectivity index (χ4n) is 5.52. The summed E-state index contributed by atoms with van der Waals surface area (Å²) in [6.07, 6.45) is 10.8. The van der Waals surface area contributed by atoms with E-state index in [0.717, 1.165) is 31.7 Å². The number of carboxylic acid groups (broad SMARTS) is 1. The summed E-state index contributed by atoms with van der Waals surface area (Å²) in [5.74, 6) is -2.91. The maximum atomic E-state index is 15.7. The lowest BCUT2D eigenvalue weighted by Crippen LogP contribution is -2.42. The van der Waals surface area contributed by atoms with Crippen molar-refractivity contribution in [2.24, 2.45) is 5.41 Å². The molecule has 1 saturated heterocycles. The molecular weight excluding hydrogens is 390 g/mol. The summed E-state index contributed by atoms with van der Waals surface area (Å²) in [5, 5.41) is 9.17. The van der Waals surface area contributed by atoms with Crippen LogP contribution in [0.2, 0.25) is 0 Å². The summed E-state index contributed by atoms with van der Waals surface area (Å²) in [6.45, 7) is 1.19. The number of carbonyl (C=O) groups is 1. The summed E-state index contributed by atoms with van der Waals surface area (Å²) in [4.78, 5) is 25.9. The number of pyridine rings is 1. The van der Waals surface area contributed by atoms with Gasteiger partial charge in [-0.1, -0.05) is 19.3 Å². The lowest BCUT2D eigenvalue weighted by atomic mass is 9.68. The fourth-order valence-corrected chi connectivity index (χ4v) is 5.52. The monoisotopic (exact) mass is 416 g/mol. The van der Waals surface area contributed by atoms with E-state index >= 15 is 8.78 Å². The maximum absolute atomic E-state index is 15.7. The van der Waals surface area contributed by atoms with Crippen molar-refractivity contribution in [3.63, 3.8) is 0 Å². The van der Waals surface area contributed by atoms with Crippen LogP contribution in [0.4, 0.5) is 14.5 Å². The third-order valence-corrected chi connectivity index (χ3v) is 7.41. The summed E-state index contributed by atoms with van der Waals surface area (Å²) < 4.78 is 32.3. The topological polar surface area (TPSA) is 62.5 Å². The predicted molar refractivity (Wildman–Crippen MR) is 110 cm³/mol. The van der Waals surface area contributed by atoms with E-state index in [1.54, 1.807) is 4.90 Å². The molecule has 0 unspecified atom stereocenters. The van der Waals surface area contributed by atoms with Crippen LogP contribution in [0.3, 0.4) is 0 Å². The molecule has 2 heterocycles. The Morgan fingerprint density at radius 2 is 1.73 bits per heavy atom. The number of aromatic carboxylic acids is 1. The highest BCUT2D eigenvalue weighted by Gasteiger charge is 2.37. The van der Waals surface area contributed by atoms with Crippen LogP contribution >= 0.6 is 0 Å². The summed E-state index contributed by atoms with van der Waals surface area (Å²) >= 11 is 0. The molecule has 0 radical (unpaired) electrons. The first-order chi connectivity index (χ1) is 14.4. The average Bonchev–Trinajstić information content (AvgIpc) is 3.56. The predicted octanol–water partition coefficient (Wildman–Crippen LogP) is 4.86. The van der Waals surface area contributed by atoms with E-state index < -0.39 is 28.6 Å². The SMILES string of the molecule is O=C(O)c1cn(C2CC2)c2c(F)c(N3CCC4(CCCCC4)CC3)c(F)cc2c1=O. The lowest BCUT2D eigenvalue weighted by Gasteiger charge is -2.45. The highest BCUT2D eigenvalue weighted by Crippen LogP contribution is 2.46. The number of carboxylic acids is 1. The molecule has 1 N–H and O–H groups in total. The van der Waals surface area contributed by atoms with Gasteiger partial charge in [-0.05, 0) is 50.0 Å². The molecule has 0 atom stereocenters. The second-order valence-corrected chi connectivity index (χ2v) is 9.28. The van der Waals surface area contributed by atoms with Gasteiger partial charge in [0.2, 0.25) is 5.43 Å². The number of benzene rings is 1. The standard InChI is InChI=1S/C23H26F2N2O3/c24-17-12-15-19(27(14-4-5-14)13-16(21(15)28)22(29)30)18(25)20(17)26-10-8-23(9-11-26)6-2-1-3-7-23/h12-14H,1-11H2,(H,29,30). The molecule has 0 amide bonds. The molecule has 30 heavy (non-hydrogen) atoms. The first-order valence-electron chi connectivity index (χ1n) is 11.0. The molecule has 1 aliphatic heterocycles. The molecule has 1 aromatic carbocycles. The van der Waals surface area contributed by atoms with Gasteiger partial charge in [0.15, 0.2) is 5.82 Å². The Morgan fingerprint density at radius 3 is 2.33 bits per heavy atom. The zero-order chi connectivity index (χ0) is 21.0. The lowest BCUT2D eigenvalue weighted by molar-refractivity contribution is 0.0694. The van der Waals surface area contributed by atoms with E-state index in [1.165, 1.54) is 42.9 Å². The fraction of sp³-hybridized carbons (Fsp3) is 0.565. The maximum Gasteiger partial charge on any atom is 0.341 e. The van der Waals surface area contributed by atoms with Gasteiger partial charge in [0.05, 0.1) is 10.9 Å². The Hall–Kier alpha value is -2.44. The van der Waals surface area contributed by atoms with Gasteiger partial charge < -0.3 is 14.6 Å². The van der Waals surface area contributed by atoms with Crippen molar-refractivity contribution in [2.75, 3.05) is 18.0 Å². The number of hydrogen-bond acceptors (Lipinski definition) is 3. The molecule has 1 spiro atoms. The molecule has 5 nitrogen and oxygen atoms in total. The minimum Gasteiger partial charge on any atom is -0.477 e. The normalized spacial score (nSPS) is 21.3. The van der Waals surface area contributed by atoms with Gasteiger partial charge in [0.1, 0.15) is 17.1 Å². The minimum atomic E-state index is -1.38. The van der Waals surface area contributed by atoms with Crippen molar-refractivity contribution < 1.29 is 18.7 Å². The smallest absolute Gasteiger partial charge is 0.341 e. The highest BCUT2D eigenvalue weighted by molar-refractivity contribution is 5.94. The van der Waals surface area contributed by atoms with Crippen LogP contribution in [0.15, 0.2) is 17.1 Å². The number of nitrogens with zero attached hydrogens (tertiary/aromatic N) is 2. The van der Waals surface area contributed by atoms with E-state index in [9.17, 15) is 14.7 Å². The summed E-state index contributed by atoms with van der Waals surface area (Å²) in [6, 6.07) is 0.984. The second-order valence-electron chi connectivity index (χ2n) is 9.28. The Balaban J connectivity index is 1.59. The Labute approximate surface area is 173 Å². The van der Waals surface area contributed by atoms with Crippen LogP contribution < -0.4 is 10.3 Å².